The molecule has 1 atom stereocenters. The van der Waals surface area contributed by atoms with Crippen molar-refractivity contribution in [2.45, 2.75) is 38.8 Å². The summed E-state index contributed by atoms with van der Waals surface area (Å²) in [7, 11) is 3.07. The van der Waals surface area contributed by atoms with E-state index in [-0.39, 0.29) is 25.0 Å². The van der Waals surface area contributed by atoms with Crippen LogP contribution in [0.4, 0.5) is 0 Å². The van der Waals surface area contributed by atoms with E-state index < -0.39 is 6.04 Å². The van der Waals surface area contributed by atoms with Gasteiger partial charge in [0.1, 0.15) is 23.3 Å². The lowest BCUT2D eigenvalue weighted by molar-refractivity contribution is -0.142. The summed E-state index contributed by atoms with van der Waals surface area (Å²) >= 11 is 12.4. The van der Waals surface area contributed by atoms with Gasteiger partial charge in [0, 0.05) is 37.7 Å². The molecule has 0 radical (unpaired) electrons. The van der Waals surface area contributed by atoms with Crippen molar-refractivity contribution in [2.75, 3.05) is 27.4 Å². The van der Waals surface area contributed by atoms with E-state index in [0.29, 0.717) is 40.3 Å². The van der Waals surface area contributed by atoms with Gasteiger partial charge in [-0.15, -0.1) is 0 Å². The maximum Gasteiger partial charge on any atom is 0.261 e. The minimum absolute atomic E-state index is 0.138. The van der Waals surface area contributed by atoms with Crippen LogP contribution in [-0.4, -0.2) is 50.1 Å². The average Bonchev–Trinajstić information content (AvgIpc) is 2.95. The Morgan fingerprint density at radius 1 is 0.872 bits per heavy atom. The van der Waals surface area contributed by atoms with Gasteiger partial charge in [-0.1, -0.05) is 72.9 Å². The number of nitrogens with one attached hydrogen (secondary N) is 1. The number of benzene rings is 3. The summed E-state index contributed by atoms with van der Waals surface area (Å²) in [6, 6.07) is 19.0. The first-order valence-electron chi connectivity index (χ1n) is 12.8. The summed E-state index contributed by atoms with van der Waals surface area (Å²) in [6.45, 7) is 2.42. The summed E-state index contributed by atoms with van der Waals surface area (Å²) in [6.07, 6.45) is 2.11. The summed E-state index contributed by atoms with van der Waals surface area (Å²) in [5.74, 6) is 0.864. The van der Waals surface area contributed by atoms with Crippen molar-refractivity contribution >= 4 is 35.0 Å². The molecule has 39 heavy (non-hydrogen) atoms. The molecular weight excluding hydrogens is 539 g/mol. The van der Waals surface area contributed by atoms with Gasteiger partial charge in [0.25, 0.3) is 5.91 Å². The van der Waals surface area contributed by atoms with Crippen molar-refractivity contribution in [2.24, 2.45) is 0 Å². The van der Waals surface area contributed by atoms with Crippen molar-refractivity contribution in [3.63, 3.8) is 0 Å². The zero-order valence-electron chi connectivity index (χ0n) is 22.4. The molecule has 0 heterocycles. The van der Waals surface area contributed by atoms with E-state index in [2.05, 4.69) is 12.2 Å². The molecule has 0 saturated heterocycles. The van der Waals surface area contributed by atoms with Crippen molar-refractivity contribution in [3.05, 3.63) is 87.9 Å². The van der Waals surface area contributed by atoms with Gasteiger partial charge in [-0.2, -0.15) is 0 Å². The highest BCUT2D eigenvalue weighted by atomic mass is 35.5. The number of carbonyl (C=O) groups is 2. The fourth-order valence-corrected chi connectivity index (χ4v) is 4.31. The summed E-state index contributed by atoms with van der Waals surface area (Å²) in [4.78, 5) is 28.8. The van der Waals surface area contributed by atoms with E-state index in [1.54, 1.807) is 36.4 Å². The molecule has 9 heteroatoms. The van der Waals surface area contributed by atoms with Crippen LogP contribution in [0.3, 0.4) is 0 Å². The third-order valence-electron chi connectivity index (χ3n) is 6.12. The molecule has 0 aliphatic rings. The number of hydrogen-bond donors (Lipinski definition) is 1. The van der Waals surface area contributed by atoms with Crippen molar-refractivity contribution in [1.82, 2.24) is 10.2 Å². The lowest BCUT2D eigenvalue weighted by atomic mass is 10.0. The van der Waals surface area contributed by atoms with E-state index in [4.69, 9.17) is 37.4 Å². The zero-order chi connectivity index (χ0) is 28.2. The molecule has 0 saturated carbocycles. The molecule has 7 nitrogen and oxygen atoms in total. The van der Waals surface area contributed by atoms with Crippen LogP contribution in [0, 0.1) is 0 Å². The Kier molecular flexibility index (Phi) is 11.8. The van der Waals surface area contributed by atoms with Gasteiger partial charge in [-0.3, -0.25) is 9.59 Å². The molecule has 0 bridgehead atoms. The number of rotatable bonds is 14. The monoisotopic (exact) mass is 572 g/mol. The van der Waals surface area contributed by atoms with E-state index in [1.807, 2.05) is 30.3 Å². The molecule has 2 amide bonds. The first-order valence-corrected chi connectivity index (χ1v) is 13.5. The number of carbonyl (C=O) groups excluding carboxylic acids is 2. The Labute approximate surface area is 240 Å². The Balaban J connectivity index is 1.92. The number of methoxy groups -OCH3 is 2. The first kappa shape index (κ1) is 30.1. The second-order valence-electron chi connectivity index (χ2n) is 8.96. The van der Waals surface area contributed by atoms with Crippen LogP contribution in [0.5, 0.6) is 17.2 Å². The van der Waals surface area contributed by atoms with Crippen LogP contribution in [0.15, 0.2) is 66.7 Å². The number of ether oxygens (including phenoxy) is 3. The Hall–Kier alpha value is -3.42. The van der Waals surface area contributed by atoms with E-state index >= 15 is 0 Å². The van der Waals surface area contributed by atoms with Gasteiger partial charge >= 0.3 is 0 Å². The maximum absolute atomic E-state index is 13.7. The van der Waals surface area contributed by atoms with Crippen molar-refractivity contribution < 1.29 is 23.8 Å². The first-order chi connectivity index (χ1) is 18.8. The van der Waals surface area contributed by atoms with Crippen molar-refractivity contribution in [1.29, 1.82) is 0 Å². The standard InChI is InChI=1S/C30H34Cl2N2O5/c1-4-5-13-33-30(36)28(15-21-9-7-6-8-10-21)34(19-22-11-12-26(31)27(32)14-22)29(35)20-39-25-17-23(37-2)16-24(18-25)38-3/h6-12,14,16-18,28H,4-5,13,15,19-20H2,1-3H3,(H,33,36). The third kappa shape index (κ3) is 9.08. The molecule has 0 fully saturated rings. The van der Waals surface area contributed by atoms with Crippen molar-refractivity contribution in [3.8, 4) is 17.2 Å². The molecule has 1 unspecified atom stereocenters. The third-order valence-corrected chi connectivity index (χ3v) is 6.86. The van der Waals surface area contributed by atoms with E-state index in [9.17, 15) is 9.59 Å². The highest BCUT2D eigenvalue weighted by Crippen LogP contribution is 2.28. The van der Waals surface area contributed by atoms with Crippen LogP contribution < -0.4 is 19.5 Å². The maximum atomic E-state index is 13.7. The number of amides is 2. The number of hydrogen-bond acceptors (Lipinski definition) is 5. The second-order valence-corrected chi connectivity index (χ2v) is 9.77. The van der Waals surface area contributed by atoms with Crippen LogP contribution in [-0.2, 0) is 22.6 Å². The molecule has 3 aromatic rings. The van der Waals surface area contributed by atoms with E-state index in [1.165, 1.54) is 19.1 Å². The lowest BCUT2D eigenvalue weighted by Crippen LogP contribution is -2.51. The van der Waals surface area contributed by atoms with Gasteiger partial charge in [0.15, 0.2) is 6.61 Å². The summed E-state index contributed by atoms with van der Waals surface area (Å²) < 4.78 is 16.5. The average molecular weight is 574 g/mol. The molecule has 0 spiro atoms. The molecule has 0 aliphatic heterocycles. The minimum atomic E-state index is -0.783. The van der Waals surface area contributed by atoms with Gasteiger partial charge in [0.2, 0.25) is 5.91 Å². The number of halogens is 2. The normalized spacial score (nSPS) is 11.4. The second kappa shape index (κ2) is 15.2. The summed E-state index contributed by atoms with van der Waals surface area (Å²) in [5.41, 5.74) is 1.67. The predicted octanol–water partition coefficient (Wildman–Crippen LogP) is 5.95. The molecule has 0 aromatic heterocycles. The number of nitrogens with zero attached hydrogens (tertiary/aromatic N) is 1. The lowest BCUT2D eigenvalue weighted by Gasteiger charge is -2.31. The van der Waals surface area contributed by atoms with Crippen LogP contribution in [0.25, 0.3) is 0 Å². The quantitative estimate of drug-likeness (QED) is 0.242. The van der Waals surface area contributed by atoms with Crippen LogP contribution in [0.2, 0.25) is 10.0 Å². The minimum Gasteiger partial charge on any atom is -0.496 e. The highest BCUT2D eigenvalue weighted by Gasteiger charge is 2.30. The SMILES string of the molecule is CCCCNC(=O)C(Cc1ccccc1)N(Cc1ccc(Cl)c(Cl)c1)C(=O)COc1cc(OC)cc(OC)c1. The topological polar surface area (TPSA) is 77.1 Å². The smallest absolute Gasteiger partial charge is 0.261 e. The Bertz CT molecular complexity index is 1220. The molecule has 208 valence electrons. The van der Waals surface area contributed by atoms with Gasteiger partial charge in [-0.05, 0) is 29.7 Å². The molecule has 3 rings (SSSR count). The highest BCUT2D eigenvalue weighted by molar-refractivity contribution is 6.42. The zero-order valence-corrected chi connectivity index (χ0v) is 23.9. The Morgan fingerprint density at radius 2 is 1.54 bits per heavy atom. The van der Waals surface area contributed by atoms with Crippen LogP contribution >= 0.6 is 23.2 Å². The molecule has 1 N–H and O–H groups in total. The van der Waals surface area contributed by atoms with E-state index in [0.717, 1.165) is 24.0 Å². The van der Waals surface area contributed by atoms with Gasteiger partial charge < -0.3 is 24.4 Å². The van der Waals surface area contributed by atoms with Gasteiger partial charge in [0.05, 0.1) is 24.3 Å². The van der Waals surface area contributed by atoms with Crippen LogP contribution in [0.1, 0.15) is 30.9 Å². The fraction of sp³-hybridized carbons (Fsp3) is 0.333. The molecular formula is C30H34Cl2N2O5. The number of unbranched alkanes of at least 4 members (excludes halogenated alkanes) is 1. The molecule has 0 aliphatic carbocycles. The molecule has 3 aromatic carbocycles. The summed E-state index contributed by atoms with van der Waals surface area (Å²) in [5, 5.41) is 3.77. The Morgan fingerprint density at radius 3 is 2.15 bits per heavy atom. The predicted molar refractivity (Wildman–Crippen MR) is 154 cm³/mol. The fourth-order valence-electron chi connectivity index (χ4n) is 3.99. The largest absolute Gasteiger partial charge is 0.496 e. The van der Waals surface area contributed by atoms with Gasteiger partial charge in [-0.25, -0.2) is 0 Å².